The Morgan fingerprint density at radius 2 is 1.63 bits per heavy atom. The number of rotatable bonds is 3. The minimum atomic E-state index is -4.09. The first kappa shape index (κ1) is 13.6. The molecule has 0 aliphatic carbocycles. The van der Waals surface area contributed by atoms with E-state index in [0.717, 1.165) is 5.56 Å². The number of carboxylic acid groups (broad SMARTS) is 1. The van der Waals surface area contributed by atoms with Crippen molar-refractivity contribution in [2.24, 2.45) is 0 Å². The molecule has 0 aliphatic rings. The van der Waals surface area contributed by atoms with Crippen LogP contribution in [0.3, 0.4) is 0 Å². The third-order valence-electron chi connectivity index (χ3n) is 2.58. The van der Waals surface area contributed by atoms with Crippen LogP contribution in [0.2, 0.25) is 0 Å². The number of hydrogen-bond acceptors (Lipinski definition) is 3. The highest BCUT2D eigenvalue weighted by atomic mass is 35.7. The molecular formula is C13H9ClO4S. The Hall–Kier alpha value is -1.85. The summed E-state index contributed by atoms with van der Waals surface area (Å²) in [5.74, 6) is -1.34. The number of halogens is 1. The average Bonchev–Trinajstić information content (AvgIpc) is 2.38. The van der Waals surface area contributed by atoms with Gasteiger partial charge in [0.25, 0.3) is 9.05 Å². The predicted octanol–water partition coefficient (Wildman–Crippen LogP) is 2.98. The average molecular weight is 297 g/mol. The Labute approximate surface area is 114 Å². The quantitative estimate of drug-likeness (QED) is 0.884. The monoisotopic (exact) mass is 296 g/mol. The highest BCUT2D eigenvalue weighted by molar-refractivity contribution is 8.13. The molecule has 2 aromatic rings. The highest BCUT2D eigenvalue weighted by Gasteiger charge is 2.20. The lowest BCUT2D eigenvalue weighted by atomic mass is 10.0. The Kier molecular flexibility index (Phi) is 3.59. The van der Waals surface area contributed by atoms with Gasteiger partial charge in [0.05, 0.1) is 10.5 Å². The first-order valence-corrected chi connectivity index (χ1v) is 7.58. The smallest absolute Gasteiger partial charge is 0.337 e. The highest BCUT2D eigenvalue weighted by Crippen LogP contribution is 2.26. The Morgan fingerprint density at radius 3 is 2.16 bits per heavy atom. The topological polar surface area (TPSA) is 71.4 Å². The van der Waals surface area contributed by atoms with Gasteiger partial charge in [-0.15, -0.1) is 0 Å². The molecule has 19 heavy (non-hydrogen) atoms. The number of carbonyl (C=O) groups is 1. The number of aromatic carboxylic acids is 1. The zero-order valence-electron chi connectivity index (χ0n) is 9.58. The van der Waals surface area contributed by atoms with Gasteiger partial charge in [-0.25, -0.2) is 13.2 Å². The van der Waals surface area contributed by atoms with E-state index in [1.165, 1.54) is 18.2 Å². The lowest BCUT2D eigenvalue weighted by Gasteiger charge is -2.06. The summed E-state index contributed by atoms with van der Waals surface area (Å²) in [6.07, 6.45) is 0. The van der Waals surface area contributed by atoms with Gasteiger partial charge in [0.2, 0.25) is 0 Å². The summed E-state index contributed by atoms with van der Waals surface area (Å²) in [7, 11) is 1.13. The summed E-state index contributed by atoms with van der Waals surface area (Å²) >= 11 is 0. The molecule has 0 bridgehead atoms. The second-order valence-electron chi connectivity index (χ2n) is 3.82. The van der Waals surface area contributed by atoms with Crippen LogP contribution in [0.4, 0.5) is 0 Å². The van der Waals surface area contributed by atoms with Crippen molar-refractivity contribution >= 4 is 25.7 Å². The molecule has 1 N–H and O–H groups in total. The van der Waals surface area contributed by atoms with Crippen LogP contribution in [-0.4, -0.2) is 19.5 Å². The molecule has 0 saturated heterocycles. The number of carboxylic acids is 1. The lowest BCUT2D eigenvalue weighted by Crippen LogP contribution is -2.05. The second kappa shape index (κ2) is 5.03. The van der Waals surface area contributed by atoms with Gasteiger partial charge in [0, 0.05) is 10.7 Å². The molecule has 0 aliphatic heterocycles. The zero-order chi connectivity index (χ0) is 14.0. The summed E-state index contributed by atoms with van der Waals surface area (Å²) in [5, 5.41) is 9.08. The maximum absolute atomic E-state index is 11.3. The summed E-state index contributed by atoms with van der Waals surface area (Å²) < 4.78 is 22.6. The van der Waals surface area contributed by atoms with Crippen molar-refractivity contribution in [2.75, 3.05) is 0 Å². The molecule has 0 radical (unpaired) electrons. The fourth-order valence-electron chi connectivity index (χ4n) is 1.72. The summed E-state index contributed by atoms with van der Waals surface area (Å²) in [5.41, 5.74) is 1.07. The molecule has 2 rings (SSSR count). The van der Waals surface area contributed by atoms with Crippen molar-refractivity contribution in [2.45, 2.75) is 4.90 Å². The minimum Gasteiger partial charge on any atom is -0.478 e. The van der Waals surface area contributed by atoms with Crippen molar-refractivity contribution < 1.29 is 18.3 Å². The van der Waals surface area contributed by atoms with Gasteiger partial charge in [-0.05, 0) is 23.3 Å². The second-order valence-corrected chi connectivity index (χ2v) is 6.35. The molecule has 6 heteroatoms. The van der Waals surface area contributed by atoms with Crippen LogP contribution >= 0.6 is 10.7 Å². The largest absolute Gasteiger partial charge is 0.478 e. The Balaban J connectivity index is 2.65. The lowest BCUT2D eigenvalue weighted by molar-refractivity contribution is 0.0693. The third kappa shape index (κ3) is 2.94. The normalized spacial score (nSPS) is 11.2. The van der Waals surface area contributed by atoms with Crippen molar-refractivity contribution in [1.29, 1.82) is 0 Å². The van der Waals surface area contributed by atoms with Crippen LogP contribution in [0, 0.1) is 0 Å². The molecular weight excluding hydrogens is 288 g/mol. The van der Waals surface area contributed by atoms with E-state index in [0.29, 0.717) is 5.56 Å². The molecule has 0 amide bonds. The van der Waals surface area contributed by atoms with Crippen LogP contribution in [0.25, 0.3) is 11.1 Å². The molecule has 0 atom stereocenters. The van der Waals surface area contributed by atoms with Gasteiger partial charge in [0.15, 0.2) is 0 Å². The molecule has 98 valence electrons. The van der Waals surface area contributed by atoms with Crippen LogP contribution in [0.15, 0.2) is 53.4 Å². The van der Waals surface area contributed by atoms with E-state index in [4.69, 9.17) is 15.8 Å². The first-order valence-electron chi connectivity index (χ1n) is 5.27. The SMILES string of the molecule is O=C(O)c1cc(-c2ccccc2)ccc1S(=O)(=O)Cl. The number of benzene rings is 2. The van der Waals surface area contributed by atoms with Crippen molar-refractivity contribution in [3.05, 3.63) is 54.1 Å². The molecule has 2 aromatic carbocycles. The maximum Gasteiger partial charge on any atom is 0.337 e. The van der Waals surface area contributed by atoms with Gasteiger partial charge < -0.3 is 5.11 Å². The van der Waals surface area contributed by atoms with Crippen LogP contribution in [-0.2, 0) is 9.05 Å². The van der Waals surface area contributed by atoms with Crippen molar-refractivity contribution in [3.63, 3.8) is 0 Å². The number of hydrogen-bond donors (Lipinski definition) is 1. The van der Waals surface area contributed by atoms with Crippen molar-refractivity contribution in [1.82, 2.24) is 0 Å². The standard InChI is InChI=1S/C13H9ClO4S/c14-19(17,18)12-7-6-10(8-11(12)13(15)16)9-4-2-1-3-5-9/h1-8H,(H,15,16). The van der Waals surface area contributed by atoms with Gasteiger partial charge in [0.1, 0.15) is 0 Å². The van der Waals surface area contributed by atoms with E-state index >= 15 is 0 Å². The van der Waals surface area contributed by atoms with E-state index in [9.17, 15) is 13.2 Å². The van der Waals surface area contributed by atoms with Gasteiger partial charge in [-0.1, -0.05) is 36.4 Å². The van der Waals surface area contributed by atoms with Gasteiger partial charge in [-0.2, -0.15) is 0 Å². The van der Waals surface area contributed by atoms with Crippen LogP contribution in [0.1, 0.15) is 10.4 Å². The van der Waals surface area contributed by atoms with E-state index in [2.05, 4.69) is 0 Å². The molecule has 0 spiro atoms. The zero-order valence-corrected chi connectivity index (χ0v) is 11.1. The van der Waals surface area contributed by atoms with Crippen LogP contribution < -0.4 is 0 Å². The summed E-state index contributed by atoms with van der Waals surface area (Å²) in [4.78, 5) is 10.7. The molecule has 0 unspecified atom stereocenters. The van der Waals surface area contributed by atoms with E-state index < -0.39 is 19.9 Å². The Morgan fingerprint density at radius 1 is 1.00 bits per heavy atom. The maximum atomic E-state index is 11.3. The van der Waals surface area contributed by atoms with Crippen LogP contribution in [0.5, 0.6) is 0 Å². The molecule has 4 nitrogen and oxygen atoms in total. The fourth-order valence-corrected chi connectivity index (χ4v) is 2.76. The van der Waals surface area contributed by atoms with Gasteiger partial charge >= 0.3 is 5.97 Å². The Bertz CT molecular complexity index is 724. The molecule has 0 saturated carbocycles. The van der Waals surface area contributed by atoms with Gasteiger partial charge in [-0.3, -0.25) is 0 Å². The summed E-state index contributed by atoms with van der Waals surface area (Å²) in [6, 6.07) is 13.1. The van der Waals surface area contributed by atoms with Crippen molar-refractivity contribution in [3.8, 4) is 11.1 Å². The van der Waals surface area contributed by atoms with E-state index in [-0.39, 0.29) is 5.56 Å². The molecule has 0 fully saturated rings. The predicted molar refractivity (Wildman–Crippen MR) is 71.9 cm³/mol. The van der Waals surface area contributed by atoms with E-state index in [1.54, 1.807) is 12.1 Å². The molecule has 0 aromatic heterocycles. The minimum absolute atomic E-state index is 0.337. The summed E-state index contributed by atoms with van der Waals surface area (Å²) in [6.45, 7) is 0. The first-order chi connectivity index (χ1) is 8.89. The fraction of sp³-hybridized carbons (Fsp3) is 0. The molecule has 0 heterocycles. The third-order valence-corrected chi connectivity index (χ3v) is 3.96. The van der Waals surface area contributed by atoms with E-state index in [1.807, 2.05) is 18.2 Å².